The van der Waals surface area contributed by atoms with Gasteiger partial charge in [0.2, 0.25) is 10.0 Å². The van der Waals surface area contributed by atoms with Gasteiger partial charge in [-0.25, -0.2) is 13.1 Å². The monoisotopic (exact) mass is 267 g/mol. The fraction of sp³-hybridized carbons (Fsp3) is 1.00. The molecule has 0 aromatic carbocycles. The van der Waals surface area contributed by atoms with E-state index in [0.717, 1.165) is 19.3 Å². The van der Waals surface area contributed by atoms with E-state index < -0.39 is 10.0 Å². The molecule has 0 saturated heterocycles. The predicted octanol–water partition coefficient (Wildman–Crippen LogP) is 2.36. The molecule has 0 heterocycles. The van der Waals surface area contributed by atoms with Crippen LogP contribution in [0, 0.1) is 11.8 Å². The Labute approximate surface area is 104 Å². The Kier molecular flexibility index (Phi) is 5.54. The highest BCUT2D eigenvalue weighted by Gasteiger charge is 2.26. The molecule has 1 saturated carbocycles. The van der Waals surface area contributed by atoms with Crippen molar-refractivity contribution in [1.29, 1.82) is 0 Å². The van der Waals surface area contributed by atoms with Crippen molar-refractivity contribution in [2.45, 2.75) is 44.9 Å². The minimum Gasteiger partial charge on any atom is -0.215 e. The van der Waals surface area contributed by atoms with Gasteiger partial charge in [0, 0.05) is 11.9 Å². The maximum atomic E-state index is 11.6. The summed E-state index contributed by atoms with van der Waals surface area (Å²) >= 11 is 6.10. The highest BCUT2D eigenvalue weighted by molar-refractivity contribution is 7.89. The molecule has 1 fully saturated rings. The first-order valence-corrected chi connectivity index (χ1v) is 8.11. The Balaban J connectivity index is 2.30. The van der Waals surface area contributed by atoms with Gasteiger partial charge in [0.25, 0.3) is 0 Å². The van der Waals surface area contributed by atoms with Crippen molar-refractivity contribution in [2.24, 2.45) is 11.8 Å². The van der Waals surface area contributed by atoms with E-state index in [1.54, 1.807) is 0 Å². The minimum atomic E-state index is -3.10. The highest BCUT2D eigenvalue weighted by atomic mass is 35.5. The van der Waals surface area contributed by atoms with E-state index in [0.29, 0.717) is 24.8 Å². The van der Waals surface area contributed by atoms with E-state index >= 15 is 0 Å². The van der Waals surface area contributed by atoms with Gasteiger partial charge in [0.1, 0.15) is 0 Å². The van der Waals surface area contributed by atoms with E-state index in [4.69, 9.17) is 11.6 Å². The molecule has 1 aliphatic carbocycles. The Morgan fingerprint density at radius 2 is 2.06 bits per heavy atom. The Hall–Kier alpha value is 0.200. The topological polar surface area (TPSA) is 46.2 Å². The zero-order valence-electron chi connectivity index (χ0n) is 10.1. The number of hydrogen-bond donors (Lipinski definition) is 1. The smallest absolute Gasteiger partial charge is 0.211 e. The molecule has 2 atom stereocenters. The zero-order chi connectivity index (χ0) is 12.2. The van der Waals surface area contributed by atoms with Crippen LogP contribution in [-0.4, -0.2) is 26.1 Å². The van der Waals surface area contributed by atoms with Gasteiger partial charge in [0.15, 0.2) is 0 Å². The lowest BCUT2D eigenvalue weighted by molar-refractivity contribution is 0.518. The van der Waals surface area contributed by atoms with Crippen molar-refractivity contribution >= 4 is 21.6 Å². The molecule has 96 valence electrons. The van der Waals surface area contributed by atoms with Gasteiger partial charge in [-0.2, -0.15) is 0 Å². The van der Waals surface area contributed by atoms with Crippen LogP contribution in [-0.2, 0) is 10.0 Å². The maximum absolute atomic E-state index is 11.6. The zero-order valence-corrected chi connectivity index (χ0v) is 11.6. The van der Waals surface area contributed by atoms with Crippen molar-refractivity contribution in [2.75, 3.05) is 12.3 Å². The molecule has 0 aromatic rings. The van der Waals surface area contributed by atoms with Crippen molar-refractivity contribution in [3.63, 3.8) is 0 Å². The van der Waals surface area contributed by atoms with Gasteiger partial charge in [-0.3, -0.25) is 0 Å². The lowest BCUT2D eigenvalue weighted by Gasteiger charge is -2.15. The normalized spacial score (nSPS) is 26.5. The third-order valence-electron chi connectivity index (χ3n) is 3.10. The van der Waals surface area contributed by atoms with Crippen molar-refractivity contribution in [3.8, 4) is 0 Å². The summed E-state index contributed by atoms with van der Waals surface area (Å²) in [5.41, 5.74) is 0. The van der Waals surface area contributed by atoms with Crippen LogP contribution in [0.2, 0.25) is 0 Å². The molecule has 0 amide bonds. The minimum absolute atomic E-state index is 0.146. The molecule has 0 aliphatic heterocycles. The molecule has 16 heavy (non-hydrogen) atoms. The quantitative estimate of drug-likeness (QED) is 0.751. The first-order chi connectivity index (χ1) is 7.41. The first-order valence-electron chi connectivity index (χ1n) is 6.02. The van der Waals surface area contributed by atoms with E-state index in [1.165, 1.54) is 0 Å². The molecule has 1 rings (SSSR count). The van der Waals surface area contributed by atoms with E-state index in [2.05, 4.69) is 4.72 Å². The number of hydrogen-bond acceptors (Lipinski definition) is 2. The Morgan fingerprint density at radius 1 is 1.38 bits per heavy atom. The average Bonchev–Trinajstić information content (AvgIpc) is 2.59. The third kappa shape index (κ3) is 5.02. The second-order valence-electron chi connectivity index (χ2n) is 5.06. The van der Waals surface area contributed by atoms with Crippen molar-refractivity contribution in [1.82, 2.24) is 4.72 Å². The number of sulfonamides is 1. The van der Waals surface area contributed by atoms with Crippen LogP contribution in [0.3, 0.4) is 0 Å². The van der Waals surface area contributed by atoms with Crippen LogP contribution in [0.4, 0.5) is 0 Å². The van der Waals surface area contributed by atoms with E-state index in [-0.39, 0.29) is 11.1 Å². The molecule has 1 N–H and O–H groups in total. The third-order valence-corrected chi connectivity index (χ3v) is 5.05. The molecule has 3 nitrogen and oxygen atoms in total. The van der Waals surface area contributed by atoms with Gasteiger partial charge in [-0.15, -0.1) is 11.6 Å². The Morgan fingerprint density at radius 3 is 2.56 bits per heavy atom. The maximum Gasteiger partial charge on any atom is 0.211 e. The predicted molar refractivity (Wildman–Crippen MR) is 68.2 cm³/mol. The van der Waals surface area contributed by atoms with E-state index in [1.807, 2.05) is 13.8 Å². The summed E-state index contributed by atoms with van der Waals surface area (Å²) in [5.74, 6) is 0.962. The summed E-state index contributed by atoms with van der Waals surface area (Å²) in [6.45, 7) is 4.57. The highest BCUT2D eigenvalue weighted by Crippen LogP contribution is 2.29. The van der Waals surface area contributed by atoms with Crippen LogP contribution >= 0.6 is 11.6 Å². The van der Waals surface area contributed by atoms with Gasteiger partial charge < -0.3 is 0 Å². The van der Waals surface area contributed by atoms with Gasteiger partial charge in [-0.1, -0.05) is 20.3 Å². The first kappa shape index (κ1) is 14.3. The van der Waals surface area contributed by atoms with Crippen LogP contribution in [0.5, 0.6) is 0 Å². The van der Waals surface area contributed by atoms with Crippen molar-refractivity contribution < 1.29 is 8.42 Å². The van der Waals surface area contributed by atoms with Crippen molar-refractivity contribution in [3.05, 3.63) is 0 Å². The molecular weight excluding hydrogens is 246 g/mol. The van der Waals surface area contributed by atoms with Crippen LogP contribution in [0.15, 0.2) is 0 Å². The molecule has 0 radical (unpaired) electrons. The number of rotatable bonds is 6. The second kappa shape index (κ2) is 6.22. The van der Waals surface area contributed by atoms with Crippen LogP contribution in [0.1, 0.15) is 39.5 Å². The number of alkyl halides is 1. The summed E-state index contributed by atoms with van der Waals surface area (Å²) in [6.07, 6.45) is 3.89. The van der Waals surface area contributed by atoms with Crippen LogP contribution in [0.25, 0.3) is 0 Å². The SMILES string of the molecule is CC(C)CCS(=O)(=O)NCC1CCCC1Cl. The van der Waals surface area contributed by atoms with Crippen LogP contribution < -0.4 is 4.72 Å². The summed E-state index contributed by atoms with van der Waals surface area (Å²) in [6, 6.07) is 0. The number of halogens is 1. The summed E-state index contributed by atoms with van der Waals surface area (Å²) in [5, 5.41) is 0.146. The summed E-state index contributed by atoms with van der Waals surface area (Å²) < 4.78 is 26.0. The molecular formula is C11H22ClNO2S. The largest absolute Gasteiger partial charge is 0.215 e. The lowest BCUT2D eigenvalue weighted by atomic mass is 10.1. The van der Waals surface area contributed by atoms with Gasteiger partial charge in [-0.05, 0) is 31.1 Å². The number of nitrogens with one attached hydrogen (secondary N) is 1. The fourth-order valence-corrected chi connectivity index (χ4v) is 3.68. The van der Waals surface area contributed by atoms with Gasteiger partial charge in [0.05, 0.1) is 5.75 Å². The second-order valence-corrected chi connectivity index (χ2v) is 7.54. The standard InChI is InChI=1S/C11H22ClNO2S/c1-9(2)6-7-16(14,15)13-8-10-4-3-5-11(10)12/h9-11,13H,3-8H2,1-2H3. The molecule has 0 bridgehead atoms. The average molecular weight is 268 g/mol. The molecule has 0 aromatic heterocycles. The molecule has 2 unspecified atom stereocenters. The summed E-state index contributed by atoms with van der Waals surface area (Å²) in [7, 11) is -3.10. The summed E-state index contributed by atoms with van der Waals surface area (Å²) in [4.78, 5) is 0. The van der Waals surface area contributed by atoms with E-state index in [9.17, 15) is 8.42 Å². The fourth-order valence-electron chi connectivity index (χ4n) is 1.92. The van der Waals surface area contributed by atoms with Gasteiger partial charge >= 0.3 is 0 Å². The lowest BCUT2D eigenvalue weighted by Crippen LogP contribution is -2.33. The Bertz CT molecular complexity index is 303. The molecule has 5 heteroatoms. The molecule has 0 spiro atoms. The molecule has 1 aliphatic rings.